The Morgan fingerprint density at radius 3 is 2.60 bits per heavy atom. The van der Waals surface area contributed by atoms with Crippen LogP contribution in [0.25, 0.3) is 11.3 Å². The molecule has 0 radical (unpaired) electrons. The quantitative estimate of drug-likeness (QED) is 0.783. The third kappa shape index (κ3) is 1.61. The molecule has 0 unspecified atom stereocenters. The lowest BCUT2D eigenvalue weighted by Gasteiger charge is -1.95. The molecule has 1 fully saturated rings. The molecule has 1 aliphatic carbocycles. The van der Waals surface area contributed by atoms with Gasteiger partial charge in [0.25, 0.3) is 0 Å². The Morgan fingerprint density at radius 2 is 1.93 bits per heavy atom. The van der Waals surface area contributed by atoms with Crippen molar-refractivity contribution in [3.05, 3.63) is 36.0 Å². The van der Waals surface area contributed by atoms with Gasteiger partial charge in [0.05, 0.1) is 5.69 Å². The summed E-state index contributed by atoms with van der Waals surface area (Å²) >= 11 is 0. The van der Waals surface area contributed by atoms with Crippen molar-refractivity contribution in [2.45, 2.75) is 18.8 Å². The van der Waals surface area contributed by atoms with Crippen molar-refractivity contribution in [1.82, 2.24) is 10.2 Å². The standard InChI is InChI=1S/C12H12N2O/c15-10-5-3-9(4-6-10)12-7-11(13-14-12)8-1-2-8/h3-8,15H,1-2H2,(H,13,14). The molecule has 3 rings (SSSR count). The van der Waals surface area contributed by atoms with E-state index in [0.717, 1.165) is 11.3 Å². The second kappa shape index (κ2) is 3.12. The first-order chi connectivity index (χ1) is 7.33. The van der Waals surface area contributed by atoms with Crippen molar-refractivity contribution in [2.24, 2.45) is 0 Å². The number of rotatable bonds is 2. The molecule has 1 aromatic heterocycles. The Kier molecular flexibility index (Phi) is 1.78. The average Bonchev–Trinajstić information content (AvgIpc) is 2.99. The zero-order valence-corrected chi connectivity index (χ0v) is 8.27. The van der Waals surface area contributed by atoms with Gasteiger partial charge in [-0.1, -0.05) is 0 Å². The molecule has 0 bridgehead atoms. The van der Waals surface area contributed by atoms with Crippen LogP contribution in [0.4, 0.5) is 0 Å². The minimum Gasteiger partial charge on any atom is -0.508 e. The molecule has 2 aromatic rings. The monoisotopic (exact) mass is 200 g/mol. The summed E-state index contributed by atoms with van der Waals surface area (Å²) in [6.07, 6.45) is 2.55. The van der Waals surface area contributed by atoms with E-state index in [1.807, 2.05) is 12.1 Å². The molecule has 1 saturated carbocycles. The fraction of sp³-hybridized carbons (Fsp3) is 0.250. The lowest BCUT2D eigenvalue weighted by Crippen LogP contribution is -1.76. The molecule has 0 spiro atoms. The van der Waals surface area contributed by atoms with E-state index >= 15 is 0 Å². The third-order valence-corrected chi connectivity index (χ3v) is 2.78. The molecule has 0 atom stereocenters. The van der Waals surface area contributed by atoms with Gasteiger partial charge in [-0.3, -0.25) is 5.10 Å². The first kappa shape index (κ1) is 8.53. The number of benzene rings is 1. The first-order valence-electron chi connectivity index (χ1n) is 5.17. The fourth-order valence-electron chi connectivity index (χ4n) is 1.72. The van der Waals surface area contributed by atoms with E-state index in [1.165, 1.54) is 18.5 Å². The predicted octanol–water partition coefficient (Wildman–Crippen LogP) is 2.66. The summed E-state index contributed by atoms with van der Waals surface area (Å²) in [6, 6.07) is 9.22. The maximum absolute atomic E-state index is 9.18. The van der Waals surface area contributed by atoms with Gasteiger partial charge in [-0.15, -0.1) is 0 Å². The van der Waals surface area contributed by atoms with Gasteiger partial charge >= 0.3 is 0 Å². The Labute approximate surface area is 87.8 Å². The Bertz CT molecular complexity index is 469. The number of H-pyrrole nitrogens is 1. The molecule has 1 heterocycles. The zero-order chi connectivity index (χ0) is 10.3. The smallest absolute Gasteiger partial charge is 0.115 e. The lowest BCUT2D eigenvalue weighted by molar-refractivity contribution is 0.475. The number of phenolic OH excluding ortho intramolecular Hbond substituents is 1. The van der Waals surface area contributed by atoms with Gasteiger partial charge in [-0.05, 0) is 43.2 Å². The molecule has 0 amide bonds. The summed E-state index contributed by atoms with van der Waals surface area (Å²) in [5.41, 5.74) is 3.23. The van der Waals surface area contributed by atoms with Crippen LogP contribution in [0.5, 0.6) is 5.75 Å². The third-order valence-electron chi connectivity index (χ3n) is 2.78. The highest BCUT2D eigenvalue weighted by Gasteiger charge is 2.25. The number of hydrogen-bond acceptors (Lipinski definition) is 2. The van der Waals surface area contributed by atoms with Crippen molar-refractivity contribution >= 4 is 0 Å². The van der Waals surface area contributed by atoms with Gasteiger partial charge in [0.1, 0.15) is 5.75 Å². The molecule has 0 aliphatic heterocycles. The Balaban J connectivity index is 1.93. The number of phenols is 1. The van der Waals surface area contributed by atoms with Gasteiger partial charge in [0.15, 0.2) is 0 Å². The van der Waals surface area contributed by atoms with Crippen LogP contribution in [-0.2, 0) is 0 Å². The highest BCUT2D eigenvalue weighted by molar-refractivity contribution is 5.60. The zero-order valence-electron chi connectivity index (χ0n) is 8.27. The van der Waals surface area contributed by atoms with Gasteiger partial charge in [-0.2, -0.15) is 5.10 Å². The normalized spacial score (nSPS) is 15.5. The number of aromatic nitrogens is 2. The van der Waals surface area contributed by atoms with Crippen molar-refractivity contribution in [3.63, 3.8) is 0 Å². The molecule has 3 heteroatoms. The molecule has 15 heavy (non-hydrogen) atoms. The predicted molar refractivity (Wildman–Crippen MR) is 57.7 cm³/mol. The Morgan fingerprint density at radius 1 is 1.20 bits per heavy atom. The van der Waals surface area contributed by atoms with Crippen LogP contribution in [0.1, 0.15) is 24.5 Å². The summed E-state index contributed by atoms with van der Waals surface area (Å²) in [4.78, 5) is 0. The summed E-state index contributed by atoms with van der Waals surface area (Å²) in [5, 5.41) is 16.5. The number of aromatic hydroxyl groups is 1. The summed E-state index contributed by atoms with van der Waals surface area (Å²) in [5.74, 6) is 0.986. The second-order valence-electron chi connectivity index (χ2n) is 4.03. The van der Waals surface area contributed by atoms with Gasteiger partial charge in [-0.25, -0.2) is 0 Å². The maximum atomic E-state index is 9.18. The molecule has 0 saturated heterocycles. The average molecular weight is 200 g/mol. The van der Waals surface area contributed by atoms with Crippen molar-refractivity contribution in [3.8, 4) is 17.0 Å². The van der Waals surface area contributed by atoms with Crippen LogP contribution >= 0.6 is 0 Å². The van der Waals surface area contributed by atoms with Crippen LogP contribution in [0.2, 0.25) is 0 Å². The van der Waals surface area contributed by atoms with E-state index in [2.05, 4.69) is 16.3 Å². The van der Waals surface area contributed by atoms with E-state index < -0.39 is 0 Å². The molecular weight excluding hydrogens is 188 g/mol. The highest BCUT2D eigenvalue weighted by Crippen LogP contribution is 2.39. The molecular formula is C12H12N2O. The number of aromatic amines is 1. The number of hydrogen-bond donors (Lipinski definition) is 2. The van der Waals surface area contributed by atoms with E-state index in [9.17, 15) is 5.11 Å². The summed E-state index contributed by atoms with van der Waals surface area (Å²) in [7, 11) is 0. The SMILES string of the molecule is Oc1ccc(-c2cc(C3CC3)[nH]n2)cc1. The van der Waals surface area contributed by atoms with Gasteiger partial charge < -0.3 is 5.11 Å². The van der Waals surface area contributed by atoms with E-state index in [1.54, 1.807) is 12.1 Å². The van der Waals surface area contributed by atoms with Crippen LogP contribution < -0.4 is 0 Å². The Hall–Kier alpha value is -1.77. The van der Waals surface area contributed by atoms with Crippen LogP contribution in [0, 0.1) is 0 Å². The maximum Gasteiger partial charge on any atom is 0.115 e. The molecule has 1 aromatic carbocycles. The molecule has 1 aliphatic rings. The van der Waals surface area contributed by atoms with Gasteiger partial charge in [0, 0.05) is 17.2 Å². The summed E-state index contributed by atoms with van der Waals surface area (Å²) < 4.78 is 0. The number of nitrogens with one attached hydrogen (secondary N) is 1. The fourth-order valence-corrected chi connectivity index (χ4v) is 1.72. The van der Waals surface area contributed by atoms with E-state index in [4.69, 9.17) is 0 Å². The van der Waals surface area contributed by atoms with Crippen molar-refractivity contribution in [2.75, 3.05) is 0 Å². The van der Waals surface area contributed by atoms with E-state index in [0.29, 0.717) is 5.92 Å². The van der Waals surface area contributed by atoms with Crippen molar-refractivity contribution < 1.29 is 5.11 Å². The largest absolute Gasteiger partial charge is 0.508 e. The molecule has 76 valence electrons. The minimum atomic E-state index is 0.289. The van der Waals surface area contributed by atoms with Crippen LogP contribution in [0.15, 0.2) is 30.3 Å². The molecule has 3 nitrogen and oxygen atoms in total. The lowest BCUT2D eigenvalue weighted by atomic mass is 10.1. The van der Waals surface area contributed by atoms with Crippen LogP contribution in [-0.4, -0.2) is 15.3 Å². The summed E-state index contributed by atoms with van der Waals surface area (Å²) in [6.45, 7) is 0. The van der Waals surface area contributed by atoms with Gasteiger partial charge in [0.2, 0.25) is 0 Å². The first-order valence-corrected chi connectivity index (χ1v) is 5.17. The highest BCUT2D eigenvalue weighted by atomic mass is 16.3. The van der Waals surface area contributed by atoms with Crippen LogP contribution in [0.3, 0.4) is 0 Å². The minimum absolute atomic E-state index is 0.289. The second-order valence-corrected chi connectivity index (χ2v) is 4.03. The topological polar surface area (TPSA) is 48.9 Å². The van der Waals surface area contributed by atoms with E-state index in [-0.39, 0.29) is 5.75 Å². The molecule has 2 N–H and O–H groups in total. The van der Waals surface area contributed by atoms with Crippen molar-refractivity contribution in [1.29, 1.82) is 0 Å². The number of nitrogens with zero attached hydrogens (tertiary/aromatic N) is 1.